The molecule has 1 fully saturated rings. The van der Waals surface area contributed by atoms with Crippen LogP contribution < -0.4 is 5.32 Å². The molecule has 0 unspecified atom stereocenters. The summed E-state index contributed by atoms with van der Waals surface area (Å²) in [4.78, 5) is 4.67. The van der Waals surface area contributed by atoms with Crippen molar-refractivity contribution in [2.24, 2.45) is 5.92 Å². The number of halogens is 1. The van der Waals surface area contributed by atoms with Crippen LogP contribution in [0, 0.1) is 5.92 Å². The molecule has 0 amide bonds. The molecule has 0 saturated heterocycles. The third-order valence-electron chi connectivity index (χ3n) is 3.06. The zero-order chi connectivity index (χ0) is 12.4. The summed E-state index contributed by atoms with van der Waals surface area (Å²) in [5.41, 5.74) is 2.33. The highest BCUT2D eigenvalue weighted by molar-refractivity contribution is 9.10. The summed E-state index contributed by atoms with van der Waals surface area (Å²) in [6, 6.07) is 8.30. The van der Waals surface area contributed by atoms with Crippen molar-refractivity contribution in [3.63, 3.8) is 0 Å². The lowest BCUT2D eigenvalue weighted by molar-refractivity contribution is 0.632. The zero-order valence-electron chi connectivity index (χ0n) is 10.0. The van der Waals surface area contributed by atoms with Gasteiger partial charge in [-0.05, 0) is 37.4 Å². The minimum absolute atomic E-state index is 0.890. The lowest BCUT2D eigenvalue weighted by Crippen LogP contribution is -2.16. The van der Waals surface area contributed by atoms with Crippen LogP contribution in [-0.2, 0) is 6.54 Å². The van der Waals surface area contributed by atoms with Crippen molar-refractivity contribution < 1.29 is 0 Å². The van der Waals surface area contributed by atoms with E-state index in [2.05, 4.69) is 43.7 Å². The lowest BCUT2D eigenvalue weighted by atomic mass is 10.2. The van der Waals surface area contributed by atoms with Gasteiger partial charge in [-0.2, -0.15) is 0 Å². The summed E-state index contributed by atoms with van der Waals surface area (Å²) in [5.74, 6) is 0.924. The van der Waals surface area contributed by atoms with Crippen LogP contribution in [0.3, 0.4) is 0 Å². The van der Waals surface area contributed by atoms with Crippen LogP contribution in [0.5, 0.6) is 0 Å². The number of rotatable bonds is 5. The normalized spacial score (nSPS) is 14.9. The highest BCUT2D eigenvalue weighted by atomic mass is 79.9. The monoisotopic (exact) mass is 322 g/mol. The molecule has 2 nitrogen and oxygen atoms in total. The standard InChI is InChI=1S/C14H15BrN2S/c15-12-3-1-2-11(6-12)14-17-13(9-18-14)8-16-7-10-4-5-10/h1-3,6,9-10,16H,4-5,7-8H2. The Balaban J connectivity index is 1.64. The quantitative estimate of drug-likeness (QED) is 0.897. The van der Waals surface area contributed by atoms with Gasteiger partial charge < -0.3 is 5.32 Å². The predicted octanol–water partition coefficient (Wildman–Crippen LogP) is 4.07. The van der Waals surface area contributed by atoms with Crippen molar-refractivity contribution >= 4 is 27.3 Å². The van der Waals surface area contributed by atoms with Gasteiger partial charge in [0.05, 0.1) is 5.69 Å². The van der Waals surface area contributed by atoms with Gasteiger partial charge in [0.25, 0.3) is 0 Å². The fraction of sp³-hybridized carbons (Fsp3) is 0.357. The Morgan fingerprint density at radius 1 is 1.39 bits per heavy atom. The molecule has 1 aliphatic rings. The average molecular weight is 323 g/mol. The van der Waals surface area contributed by atoms with Gasteiger partial charge in [0.1, 0.15) is 5.01 Å². The van der Waals surface area contributed by atoms with Gasteiger partial charge in [-0.25, -0.2) is 4.98 Å². The van der Waals surface area contributed by atoms with Crippen molar-refractivity contribution in [2.45, 2.75) is 19.4 Å². The van der Waals surface area contributed by atoms with E-state index in [-0.39, 0.29) is 0 Å². The topological polar surface area (TPSA) is 24.9 Å². The minimum atomic E-state index is 0.890. The van der Waals surface area contributed by atoms with Gasteiger partial charge in [-0.15, -0.1) is 11.3 Å². The van der Waals surface area contributed by atoms with E-state index in [9.17, 15) is 0 Å². The summed E-state index contributed by atoms with van der Waals surface area (Å²) >= 11 is 5.21. The fourth-order valence-corrected chi connectivity index (χ4v) is 3.08. The van der Waals surface area contributed by atoms with E-state index < -0.39 is 0 Å². The molecule has 2 aromatic rings. The van der Waals surface area contributed by atoms with Crippen LogP contribution in [0.25, 0.3) is 10.6 Å². The molecule has 1 aliphatic carbocycles. The predicted molar refractivity (Wildman–Crippen MR) is 79.7 cm³/mol. The smallest absolute Gasteiger partial charge is 0.123 e. The van der Waals surface area contributed by atoms with E-state index in [1.165, 1.54) is 18.4 Å². The molecule has 0 spiro atoms. The molecule has 1 heterocycles. The van der Waals surface area contributed by atoms with Crippen LogP contribution in [0.1, 0.15) is 18.5 Å². The second kappa shape index (κ2) is 5.51. The van der Waals surface area contributed by atoms with Crippen molar-refractivity contribution in [3.8, 4) is 10.6 Å². The van der Waals surface area contributed by atoms with Gasteiger partial charge in [0, 0.05) is 22.0 Å². The molecular weight excluding hydrogens is 308 g/mol. The molecule has 0 atom stereocenters. The Kier molecular flexibility index (Phi) is 3.77. The molecule has 1 saturated carbocycles. The summed E-state index contributed by atoms with van der Waals surface area (Å²) < 4.78 is 1.10. The molecule has 1 N–H and O–H groups in total. The van der Waals surface area contributed by atoms with Crippen molar-refractivity contribution in [1.82, 2.24) is 10.3 Å². The largest absolute Gasteiger partial charge is 0.311 e. The number of hydrogen-bond acceptors (Lipinski definition) is 3. The van der Waals surface area contributed by atoms with Gasteiger partial charge in [0.15, 0.2) is 0 Å². The summed E-state index contributed by atoms with van der Waals surface area (Å²) in [6.45, 7) is 2.03. The van der Waals surface area contributed by atoms with Crippen molar-refractivity contribution in [2.75, 3.05) is 6.54 Å². The highest BCUT2D eigenvalue weighted by Gasteiger charge is 2.20. The maximum Gasteiger partial charge on any atom is 0.123 e. The first kappa shape index (κ1) is 12.3. The van der Waals surface area contributed by atoms with E-state index in [0.717, 1.165) is 34.2 Å². The average Bonchev–Trinajstić information content (AvgIpc) is 3.06. The maximum atomic E-state index is 4.67. The number of benzene rings is 1. The Morgan fingerprint density at radius 3 is 3.06 bits per heavy atom. The first-order valence-electron chi connectivity index (χ1n) is 6.22. The maximum absolute atomic E-state index is 4.67. The minimum Gasteiger partial charge on any atom is -0.311 e. The molecule has 0 aliphatic heterocycles. The first-order valence-corrected chi connectivity index (χ1v) is 7.89. The molecule has 3 rings (SSSR count). The van der Waals surface area contributed by atoms with Crippen molar-refractivity contribution in [1.29, 1.82) is 0 Å². The summed E-state index contributed by atoms with van der Waals surface area (Å²) in [5, 5.41) is 6.72. The van der Waals surface area contributed by atoms with E-state index in [1.54, 1.807) is 11.3 Å². The molecule has 0 radical (unpaired) electrons. The molecule has 94 valence electrons. The van der Waals surface area contributed by atoms with E-state index >= 15 is 0 Å². The van der Waals surface area contributed by atoms with Gasteiger partial charge in [0.2, 0.25) is 0 Å². The van der Waals surface area contributed by atoms with Crippen LogP contribution >= 0.6 is 27.3 Å². The molecule has 1 aromatic carbocycles. The van der Waals surface area contributed by atoms with Crippen LogP contribution in [-0.4, -0.2) is 11.5 Å². The third kappa shape index (κ3) is 3.19. The van der Waals surface area contributed by atoms with Crippen molar-refractivity contribution in [3.05, 3.63) is 39.8 Å². The highest BCUT2D eigenvalue weighted by Crippen LogP contribution is 2.28. The fourth-order valence-electron chi connectivity index (χ4n) is 1.87. The SMILES string of the molecule is Brc1cccc(-c2nc(CNCC3CC3)cs2)c1. The molecule has 4 heteroatoms. The van der Waals surface area contributed by atoms with Gasteiger partial charge in [-0.1, -0.05) is 28.1 Å². The lowest BCUT2D eigenvalue weighted by Gasteiger charge is -2.00. The van der Waals surface area contributed by atoms with E-state index in [1.807, 2.05) is 12.1 Å². The Labute approximate surface area is 120 Å². The third-order valence-corrected chi connectivity index (χ3v) is 4.49. The summed E-state index contributed by atoms with van der Waals surface area (Å²) in [7, 11) is 0. The van der Waals surface area contributed by atoms with E-state index in [4.69, 9.17) is 0 Å². The molecular formula is C14H15BrN2S. The second-order valence-electron chi connectivity index (χ2n) is 4.73. The second-order valence-corrected chi connectivity index (χ2v) is 6.50. The van der Waals surface area contributed by atoms with E-state index in [0.29, 0.717) is 0 Å². The molecule has 0 bridgehead atoms. The number of nitrogens with one attached hydrogen (secondary N) is 1. The van der Waals surface area contributed by atoms with Gasteiger partial charge in [-0.3, -0.25) is 0 Å². The Bertz CT molecular complexity index is 534. The van der Waals surface area contributed by atoms with Crippen LogP contribution in [0.4, 0.5) is 0 Å². The summed E-state index contributed by atoms with van der Waals surface area (Å²) in [6.07, 6.45) is 2.79. The first-order chi connectivity index (χ1) is 8.81. The number of hydrogen-bond donors (Lipinski definition) is 1. The van der Waals surface area contributed by atoms with Crippen LogP contribution in [0.15, 0.2) is 34.1 Å². The molecule has 18 heavy (non-hydrogen) atoms. The zero-order valence-corrected chi connectivity index (χ0v) is 12.4. The number of nitrogens with zero attached hydrogens (tertiary/aromatic N) is 1. The molecule has 1 aromatic heterocycles. The number of aromatic nitrogens is 1. The van der Waals surface area contributed by atoms with Gasteiger partial charge >= 0.3 is 0 Å². The number of thiazole rings is 1. The van der Waals surface area contributed by atoms with Crippen LogP contribution in [0.2, 0.25) is 0 Å². The Morgan fingerprint density at radius 2 is 2.28 bits per heavy atom. The Hall–Kier alpha value is -0.710.